The molecule has 2 rings (SSSR count). The summed E-state index contributed by atoms with van der Waals surface area (Å²) in [6.45, 7) is 7.58. The van der Waals surface area contributed by atoms with Gasteiger partial charge in [0.25, 0.3) is 0 Å². The van der Waals surface area contributed by atoms with Crippen molar-refractivity contribution in [3.05, 3.63) is 36.0 Å². The largest absolute Gasteiger partial charge is 0.360 e. The second-order valence-corrected chi connectivity index (χ2v) is 5.06. The summed E-state index contributed by atoms with van der Waals surface area (Å²) in [4.78, 5) is 7.00. The summed E-state index contributed by atoms with van der Waals surface area (Å²) in [5.74, 6) is 2.77. The maximum atomic E-state index is 5.54. The Balaban J connectivity index is 2.49. The lowest BCUT2D eigenvalue weighted by molar-refractivity contribution is 0.712. The molecule has 1 heterocycles. The highest BCUT2D eigenvalue weighted by atomic mass is 15.1. The molecule has 21 heavy (non-hydrogen) atoms. The third-order valence-electron chi connectivity index (χ3n) is 3.42. The van der Waals surface area contributed by atoms with Crippen LogP contribution in [0.4, 0.5) is 5.69 Å². The molecule has 0 spiro atoms. The maximum absolute atomic E-state index is 5.54. The highest BCUT2D eigenvalue weighted by molar-refractivity contribution is 5.92. The van der Waals surface area contributed by atoms with Crippen LogP contribution in [0.5, 0.6) is 0 Å². The summed E-state index contributed by atoms with van der Waals surface area (Å²) in [5, 5.41) is 4.51. The van der Waals surface area contributed by atoms with Crippen LogP contribution in [0.15, 0.2) is 30.3 Å². The van der Waals surface area contributed by atoms with Crippen molar-refractivity contribution >= 4 is 16.6 Å². The zero-order chi connectivity index (χ0) is 15.1. The zero-order valence-corrected chi connectivity index (χ0v) is 12.9. The van der Waals surface area contributed by atoms with Crippen LogP contribution in [0.25, 0.3) is 10.9 Å². The van der Waals surface area contributed by atoms with Gasteiger partial charge in [0.2, 0.25) is 0 Å². The van der Waals surface area contributed by atoms with E-state index in [-0.39, 0.29) is 0 Å². The van der Waals surface area contributed by atoms with E-state index in [2.05, 4.69) is 54.3 Å². The molecule has 0 unspecified atom stereocenters. The van der Waals surface area contributed by atoms with Crippen molar-refractivity contribution in [3.63, 3.8) is 0 Å². The number of pyridine rings is 1. The second-order valence-electron chi connectivity index (χ2n) is 5.06. The number of nitrogens with zero attached hydrogens (tertiary/aromatic N) is 2. The first-order valence-corrected chi connectivity index (χ1v) is 7.58. The third-order valence-corrected chi connectivity index (χ3v) is 3.42. The van der Waals surface area contributed by atoms with Crippen molar-refractivity contribution in [1.82, 2.24) is 10.3 Å². The summed E-state index contributed by atoms with van der Waals surface area (Å²) in [7, 11) is 0. The highest BCUT2D eigenvalue weighted by Gasteiger charge is 2.11. The van der Waals surface area contributed by atoms with Crippen LogP contribution in [0.3, 0.4) is 0 Å². The molecule has 1 aromatic carbocycles. The molecule has 0 radical (unpaired) electrons. The van der Waals surface area contributed by atoms with E-state index in [0.29, 0.717) is 6.54 Å². The predicted molar refractivity (Wildman–Crippen MR) is 90.5 cm³/mol. The van der Waals surface area contributed by atoms with E-state index in [1.54, 1.807) is 0 Å². The monoisotopic (exact) mass is 281 g/mol. The molecular formula is C18H23N3. The molecule has 0 bridgehead atoms. The lowest BCUT2D eigenvalue weighted by Crippen LogP contribution is -2.25. The molecule has 1 N–H and O–H groups in total. The Morgan fingerprint density at radius 2 is 2.10 bits per heavy atom. The highest BCUT2D eigenvalue weighted by Crippen LogP contribution is 2.27. The Labute approximate surface area is 127 Å². The van der Waals surface area contributed by atoms with Crippen molar-refractivity contribution in [2.45, 2.75) is 26.8 Å². The first-order valence-electron chi connectivity index (χ1n) is 7.58. The van der Waals surface area contributed by atoms with Crippen LogP contribution >= 0.6 is 0 Å². The van der Waals surface area contributed by atoms with Gasteiger partial charge >= 0.3 is 0 Å². The maximum Gasteiger partial charge on any atom is 0.0791 e. The van der Waals surface area contributed by atoms with Crippen molar-refractivity contribution in [3.8, 4) is 12.3 Å². The van der Waals surface area contributed by atoms with Crippen molar-refractivity contribution in [1.29, 1.82) is 0 Å². The second kappa shape index (κ2) is 7.66. The third kappa shape index (κ3) is 3.74. The predicted octanol–water partition coefficient (Wildman–Crippen LogP) is 3.19. The smallest absolute Gasteiger partial charge is 0.0791 e. The van der Waals surface area contributed by atoms with E-state index in [0.717, 1.165) is 37.3 Å². The van der Waals surface area contributed by atoms with Gasteiger partial charge in [0.05, 0.1) is 17.8 Å². The average Bonchev–Trinajstić information content (AvgIpc) is 2.52. The van der Waals surface area contributed by atoms with Gasteiger partial charge in [-0.3, -0.25) is 4.98 Å². The molecule has 0 fully saturated rings. The standard InChI is InChI=1S/C18H23N3/c1-4-11-21(12-5-2)18-13-15(14-19-6-3)20-17-10-8-7-9-16(17)18/h1,7-10,13,19H,5-6,11-12,14H2,2-3H3. The lowest BCUT2D eigenvalue weighted by atomic mass is 10.1. The molecule has 0 atom stereocenters. The van der Waals surface area contributed by atoms with Gasteiger partial charge in [0.1, 0.15) is 0 Å². The number of aromatic nitrogens is 1. The van der Waals surface area contributed by atoms with E-state index >= 15 is 0 Å². The first-order chi connectivity index (χ1) is 10.3. The first kappa shape index (κ1) is 15.3. The number of rotatable bonds is 7. The molecule has 0 aliphatic heterocycles. The fraction of sp³-hybridized carbons (Fsp3) is 0.389. The van der Waals surface area contributed by atoms with Crippen molar-refractivity contribution in [2.24, 2.45) is 0 Å². The minimum atomic E-state index is 0.627. The Hall–Kier alpha value is -2.05. The lowest BCUT2D eigenvalue weighted by Gasteiger charge is -2.24. The molecule has 3 heteroatoms. The van der Waals surface area contributed by atoms with Crippen LogP contribution in [0, 0.1) is 12.3 Å². The van der Waals surface area contributed by atoms with Crippen LogP contribution < -0.4 is 10.2 Å². The van der Waals surface area contributed by atoms with E-state index in [4.69, 9.17) is 11.4 Å². The number of nitrogens with one attached hydrogen (secondary N) is 1. The summed E-state index contributed by atoms with van der Waals surface area (Å²) in [6, 6.07) is 10.4. The van der Waals surface area contributed by atoms with Gasteiger partial charge in [-0.1, -0.05) is 38.0 Å². The van der Waals surface area contributed by atoms with Crippen LogP contribution in [0.2, 0.25) is 0 Å². The van der Waals surface area contributed by atoms with Gasteiger partial charge in [0, 0.05) is 24.2 Å². The van der Waals surface area contributed by atoms with Gasteiger partial charge in [0.15, 0.2) is 0 Å². The molecule has 0 saturated carbocycles. The summed E-state index contributed by atoms with van der Waals surface area (Å²) >= 11 is 0. The number of hydrogen-bond acceptors (Lipinski definition) is 3. The quantitative estimate of drug-likeness (QED) is 0.790. The average molecular weight is 281 g/mol. The minimum Gasteiger partial charge on any atom is -0.360 e. The number of fused-ring (bicyclic) bond motifs is 1. The molecule has 2 aromatic rings. The fourth-order valence-electron chi connectivity index (χ4n) is 2.48. The van der Waals surface area contributed by atoms with Gasteiger partial charge in [-0.25, -0.2) is 0 Å². The Morgan fingerprint density at radius 1 is 1.29 bits per heavy atom. The van der Waals surface area contributed by atoms with Crippen LogP contribution in [-0.4, -0.2) is 24.6 Å². The fourth-order valence-corrected chi connectivity index (χ4v) is 2.48. The number of anilines is 1. The number of para-hydroxylation sites is 1. The summed E-state index contributed by atoms with van der Waals surface area (Å²) in [6.07, 6.45) is 6.61. The molecule has 0 saturated heterocycles. The SMILES string of the molecule is C#CCN(CCC)c1cc(CNCC)nc2ccccc12. The number of benzene rings is 1. The topological polar surface area (TPSA) is 28.2 Å². The zero-order valence-electron chi connectivity index (χ0n) is 12.9. The molecule has 0 aliphatic rings. The van der Waals surface area contributed by atoms with Gasteiger partial charge in [-0.2, -0.15) is 0 Å². The van der Waals surface area contributed by atoms with E-state index in [1.807, 2.05) is 6.07 Å². The Bertz CT molecular complexity index is 628. The van der Waals surface area contributed by atoms with Gasteiger partial charge in [-0.15, -0.1) is 6.42 Å². The van der Waals surface area contributed by atoms with E-state index in [9.17, 15) is 0 Å². The molecular weight excluding hydrogens is 258 g/mol. The molecule has 110 valence electrons. The number of terminal acetylenes is 1. The summed E-state index contributed by atoms with van der Waals surface area (Å²) < 4.78 is 0. The molecule has 0 aliphatic carbocycles. The van der Waals surface area contributed by atoms with E-state index < -0.39 is 0 Å². The Kier molecular flexibility index (Phi) is 5.59. The minimum absolute atomic E-state index is 0.627. The van der Waals surface area contributed by atoms with Crippen molar-refractivity contribution in [2.75, 3.05) is 24.5 Å². The normalized spacial score (nSPS) is 10.5. The van der Waals surface area contributed by atoms with Gasteiger partial charge < -0.3 is 10.2 Å². The molecule has 1 aromatic heterocycles. The van der Waals surface area contributed by atoms with Crippen molar-refractivity contribution < 1.29 is 0 Å². The van der Waals surface area contributed by atoms with Crippen LogP contribution in [0.1, 0.15) is 26.0 Å². The summed E-state index contributed by atoms with van der Waals surface area (Å²) in [5.41, 5.74) is 3.28. The van der Waals surface area contributed by atoms with Crippen LogP contribution in [-0.2, 0) is 6.54 Å². The molecule has 3 nitrogen and oxygen atoms in total. The van der Waals surface area contributed by atoms with E-state index in [1.165, 1.54) is 11.1 Å². The number of hydrogen-bond donors (Lipinski definition) is 1. The van der Waals surface area contributed by atoms with Gasteiger partial charge in [-0.05, 0) is 25.1 Å². The Morgan fingerprint density at radius 3 is 2.81 bits per heavy atom. The molecule has 0 amide bonds.